The van der Waals surface area contributed by atoms with Crippen LogP contribution in [0.15, 0.2) is 53.8 Å². The molecule has 0 bridgehead atoms. The van der Waals surface area contributed by atoms with Gasteiger partial charge in [0.15, 0.2) is 23.0 Å². The fourth-order valence-corrected chi connectivity index (χ4v) is 2.57. The maximum absolute atomic E-state index is 13.7. The molecule has 3 rings (SSSR count). The van der Waals surface area contributed by atoms with Gasteiger partial charge < -0.3 is 0 Å². The molecule has 0 amide bonds. The highest BCUT2D eigenvalue weighted by Crippen LogP contribution is 2.38. The van der Waals surface area contributed by atoms with Crippen molar-refractivity contribution < 1.29 is 22.0 Å². The molecule has 0 radical (unpaired) electrons. The minimum absolute atomic E-state index is 0.230. The van der Waals surface area contributed by atoms with Crippen molar-refractivity contribution in [3.63, 3.8) is 0 Å². The number of rotatable bonds is 3. The number of quaternary nitrogens is 1. The maximum atomic E-state index is 13.7. The Morgan fingerprint density at radius 1 is 0.958 bits per heavy atom. The molecule has 1 atom stereocenters. The third kappa shape index (κ3) is 2.82. The van der Waals surface area contributed by atoms with Crippen LogP contribution in [-0.4, -0.2) is 19.2 Å². The zero-order valence-corrected chi connectivity index (χ0v) is 12.5. The van der Waals surface area contributed by atoms with E-state index in [-0.39, 0.29) is 11.3 Å². The van der Waals surface area contributed by atoms with Gasteiger partial charge in [-0.3, -0.25) is 0 Å². The van der Waals surface area contributed by atoms with E-state index in [1.165, 1.54) is 25.4 Å². The number of halogens is 5. The summed E-state index contributed by atoms with van der Waals surface area (Å²) in [5.74, 6) is -2.66. The van der Waals surface area contributed by atoms with Gasteiger partial charge in [0.1, 0.15) is 19.1 Å². The molecule has 2 aromatic rings. The lowest BCUT2D eigenvalue weighted by Gasteiger charge is -2.23. The van der Waals surface area contributed by atoms with E-state index in [1.54, 1.807) is 0 Å². The van der Waals surface area contributed by atoms with E-state index < -0.39 is 34.2 Å². The fourth-order valence-electron chi connectivity index (χ4n) is 2.57. The second-order valence-corrected chi connectivity index (χ2v) is 5.46. The molecular weight excluding hydrogens is 327 g/mol. The van der Waals surface area contributed by atoms with Crippen LogP contribution in [-0.2, 0) is 0 Å². The largest absolute Gasteiger partial charge is 0.285 e. The highest BCUT2D eigenvalue weighted by molar-refractivity contribution is 6.00. The van der Waals surface area contributed by atoms with Crippen LogP contribution >= 0.6 is 0 Å². The van der Waals surface area contributed by atoms with Crippen LogP contribution in [0.25, 0.3) is 11.1 Å². The van der Waals surface area contributed by atoms with Crippen LogP contribution in [0.2, 0.25) is 0 Å². The van der Waals surface area contributed by atoms with Crippen molar-refractivity contribution in [1.82, 2.24) is 4.59 Å². The molecule has 124 valence electrons. The minimum atomic E-state index is -2.76. The average Bonchev–Trinajstić information content (AvgIpc) is 2.94. The van der Waals surface area contributed by atoms with Crippen LogP contribution in [0, 0.1) is 17.5 Å². The van der Waals surface area contributed by atoms with Crippen molar-refractivity contribution in [3.8, 4) is 11.1 Å². The Hall–Kier alpha value is -2.54. The monoisotopic (exact) mass is 339 g/mol. The van der Waals surface area contributed by atoms with Gasteiger partial charge in [0.25, 0.3) is 6.43 Å². The van der Waals surface area contributed by atoms with Gasteiger partial charge in [0.05, 0.1) is 0 Å². The van der Waals surface area contributed by atoms with Crippen molar-refractivity contribution in [2.75, 3.05) is 7.05 Å². The van der Waals surface area contributed by atoms with Crippen LogP contribution in [0.1, 0.15) is 0 Å². The summed E-state index contributed by atoms with van der Waals surface area (Å²) in [5, 5.41) is 3.92. The zero-order chi connectivity index (χ0) is 17.5. The molecule has 0 fully saturated rings. The lowest BCUT2D eigenvalue weighted by atomic mass is 10.0. The van der Waals surface area contributed by atoms with E-state index in [1.807, 2.05) is 0 Å². The molecule has 0 spiro atoms. The number of hydrogen-bond donors (Lipinski definition) is 0. The predicted molar refractivity (Wildman–Crippen MR) is 82.0 cm³/mol. The first kappa shape index (κ1) is 16.3. The van der Waals surface area contributed by atoms with Gasteiger partial charge in [0.2, 0.25) is 0 Å². The van der Waals surface area contributed by atoms with Crippen LogP contribution in [0.3, 0.4) is 0 Å². The Labute approximate surface area is 134 Å². The summed E-state index contributed by atoms with van der Waals surface area (Å²) < 4.78 is 65.6. The Morgan fingerprint density at radius 3 is 2.33 bits per heavy atom. The van der Waals surface area contributed by atoms with Crippen LogP contribution in [0.5, 0.6) is 0 Å². The molecule has 0 saturated carbocycles. The molecule has 2 aromatic carbocycles. The fraction of sp³-hybridized carbons (Fsp3) is 0.118. The molecule has 7 heteroatoms. The first-order chi connectivity index (χ1) is 11.3. The lowest BCUT2D eigenvalue weighted by molar-refractivity contribution is 0.225. The van der Waals surface area contributed by atoms with Gasteiger partial charge in [-0.2, -0.15) is 0 Å². The molecule has 1 aliphatic heterocycles. The Kier molecular flexibility index (Phi) is 3.96. The van der Waals surface area contributed by atoms with E-state index in [2.05, 4.69) is 5.10 Å². The van der Waals surface area contributed by atoms with Crippen LogP contribution < -0.4 is 4.59 Å². The van der Waals surface area contributed by atoms with E-state index in [4.69, 9.17) is 0 Å². The van der Waals surface area contributed by atoms with Gasteiger partial charge >= 0.3 is 0 Å². The van der Waals surface area contributed by atoms with Crippen LogP contribution in [0.4, 0.5) is 27.6 Å². The smallest absolute Gasteiger partial charge is 0.207 e. The molecule has 1 unspecified atom stereocenters. The summed E-state index contributed by atoms with van der Waals surface area (Å²) in [6.07, 6.45) is -0.231. The number of benzene rings is 2. The summed E-state index contributed by atoms with van der Waals surface area (Å²) in [4.78, 5) is 0. The quantitative estimate of drug-likeness (QED) is 0.560. The van der Waals surface area contributed by atoms with Gasteiger partial charge in [-0.05, 0) is 29.8 Å². The number of allylic oxidation sites excluding steroid dienone is 1. The van der Waals surface area contributed by atoms with Crippen molar-refractivity contribution in [1.29, 1.82) is 0 Å². The van der Waals surface area contributed by atoms with Gasteiger partial charge in [-0.15, -0.1) is 4.59 Å². The minimum Gasteiger partial charge on any atom is -0.207 e. The van der Waals surface area contributed by atoms with Gasteiger partial charge in [-0.1, -0.05) is 11.2 Å². The first-order valence-corrected chi connectivity index (χ1v) is 6.99. The van der Waals surface area contributed by atoms with Crippen molar-refractivity contribution in [2.45, 2.75) is 6.43 Å². The third-order valence-electron chi connectivity index (χ3n) is 3.76. The van der Waals surface area contributed by atoms with Crippen molar-refractivity contribution in [2.24, 2.45) is 5.10 Å². The highest BCUT2D eigenvalue weighted by atomic mass is 19.3. The summed E-state index contributed by atoms with van der Waals surface area (Å²) in [7, 11) is 1.49. The third-order valence-corrected chi connectivity index (χ3v) is 3.76. The molecule has 0 aliphatic carbocycles. The molecular formula is C17H12F5N2+. The summed E-state index contributed by atoms with van der Waals surface area (Å²) in [6, 6.07) is 6.92. The highest BCUT2D eigenvalue weighted by Gasteiger charge is 2.34. The van der Waals surface area contributed by atoms with Gasteiger partial charge in [-0.25, -0.2) is 22.0 Å². The van der Waals surface area contributed by atoms with Crippen molar-refractivity contribution >= 4 is 11.4 Å². The summed E-state index contributed by atoms with van der Waals surface area (Å²) in [5.41, 5.74) is 0.449. The van der Waals surface area contributed by atoms with E-state index >= 15 is 0 Å². The lowest BCUT2D eigenvalue weighted by Crippen LogP contribution is -2.32. The Balaban J connectivity index is 2.17. The average molecular weight is 339 g/mol. The first-order valence-electron chi connectivity index (χ1n) is 6.99. The number of hydrogen-bond acceptors (Lipinski definition) is 1. The predicted octanol–water partition coefficient (Wildman–Crippen LogP) is 4.86. The molecule has 0 saturated heterocycles. The zero-order valence-electron chi connectivity index (χ0n) is 12.5. The SMILES string of the molecule is C[N+]1(c2cc(F)ccc2-c2ccc(F)c(F)c2)C=CC(C(F)F)=N1. The van der Waals surface area contributed by atoms with Crippen molar-refractivity contribution in [3.05, 3.63) is 66.1 Å². The van der Waals surface area contributed by atoms with Gasteiger partial charge in [0, 0.05) is 17.7 Å². The summed E-state index contributed by atoms with van der Waals surface area (Å²) >= 11 is 0. The normalized spacial score (nSPS) is 19.9. The van der Waals surface area contributed by atoms with E-state index in [0.29, 0.717) is 5.56 Å². The second-order valence-electron chi connectivity index (χ2n) is 5.46. The second kappa shape index (κ2) is 5.83. The Bertz CT molecular complexity index is 860. The van der Waals surface area contributed by atoms with E-state index in [0.717, 1.165) is 30.3 Å². The standard InChI is InChI=1S/C17H12F5N2/c1-24(7-6-15(23-24)17(21)22)16-9-11(18)3-4-12(16)10-2-5-13(19)14(20)8-10/h2-9,17H,1H3/q+1. The number of nitrogens with zero attached hydrogens (tertiary/aromatic N) is 2. The molecule has 2 nitrogen and oxygen atoms in total. The Morgan fingerprint density at radius 2 is 1.71 bits per heavy atom. The molecule has 0 aromatic heterocycles. The molecule has 0 N–H and O–H groups in total. The maximum Gasteiger partial charge on any atom is 0.285 e. The molecule has 1 aliphatic rings. The number of alkyl halides is 2. The summed E-state index contributed by atoms with van der Waals surface area (Å²) in [6.45, 7) is 0. The molecule has 24 heavy (non-hydrogen) atoms. The molecule has 1 heterocycles. The van der Waals surface area contributed by atoms with E-state index in [9.17, 15) is 22.0 Å². The topological polar surface area (TPSA) is 12.4 Å².